The zero-order chi connectivity index (χ0) is 19.7. The molecule has 0 radical (unpaired) electrons. The molecule has 1 unspecified atom stereocenters. The molecule has 2 amide bonds. The Morgan fingerprint density at radius 3 is 2.74 bits per heavy atom. The zero-order valence-corrected chi connectivity index (χ0v) is 15.1. The highest BCUT2D eigenvalue weighted by Crippen LogP contribution is 2.28. The summed E-state index contributed by atoms with van der Waals surface area (Å²) in [4.78, 5) is 29.4. The van der Waals surface area contributed by atoms with Crippen LogP contribution in [0, 0.1) is 30.3 Å². The second-order valence-corrected chi connectivity index (χ2v) is 7.32. The number of hydrogen-bond acceptors (Lipinski definition) is 4. The first kappa shape index (κ1) is 19.2. The van der Waals surface area contributed by atoms with Crippen LogP contribution < -0.4 is 5.32 Å². The van der Waals surface area contributed by atoms with Gasteiger partial charge in [0.1, 0.15) is 0 Å². The van der Waals surface area contributed by atoms with Gasteiger partial charge in [-0.05, 0) is 25.0 Å². The Hall–Kier alpha value is -2.62. The maximum absolute atomic E-state index is 13.8. The van der Waals surface area contributed by atoms with Crippen LogP contribution in [0.5, 0.6) is 0 Å². The van der Waals surface area contributed by atoms with Crippen LogP contribution in [0.3, 0.4) is 0 Å². The highest BCUT2D eigenvalue weighted by Gasteiger charge is 2.31. The molecule has 1 fully saturated rings. The minimum Gasteiger partial charge on any atom is -0.481 e. The Bertz CT molecular complexity index is 903. The van der Waals surface area contributed by atoms with E-state index in [9.17, 15) is 22.8 Å². The first-order chi connectivity index (χ1) is 12.8. The number of thiazole rings is 1. The number of carboxylic acids is 1. The zero-order valence-electron chi connectivity index (χ0n) is 14.3. The number of urea groups is 1. The fourth-order valence-corrected chi connectivity index (χ4v) is 3.81. The maximum Gasteiger partial charge on any atom is 0.323 e. The number of halogens is 3. The molecule has 0 saturated carbocycles. The molecule has 144 valence electrons. The number of hydrogen-bond donors (Lipinski definition) is 2. The molecule has 2 heterocycles. The van der Waals surface area contributed by atoms with Gasteiger partial charge in [-0.1, -0.05) is 6.07 Å². The number of carbonyl (C=O) groups is 2. The Labute approximate surface area is 156 Å². The molecule has 3 rings (SSSR count). The number of rotatable bonds is 4. The van der Waals surface area contributed by atoms with E-state index in [1.165, 1.54) is 11.0 Å². The first-order valence-corrected chi connectivity index (χ1v) is 8.95. The van der Waals surface area contributed by atoms with Crippen molar-refractivity contribution < 1.29 is 27.9 Å². The number of anilines is 1. The molecule has 1 aromatic carbocycles. The molecule has 0 bridgehead atoms. The van der Waals surface area contributed by atoms with Crippen LogP contribution >= 0.6 is 11.3 Å². The highest BCUT2D eigenvalue weighted by atomic mass is 32.1. The maximum atomic E-state index is 13.8. The largest absolute Gasteiger partial charge is 0.481 e. The number of nitrogens with zero attached hydrogens (tertiary/aromatic N) is 2. The van der Waals surface area contributed by atoms with Gasteiger partial charge in [0.25, 0.3) is 0 Å². The van der Waals surface area contributed by atoms with Crippen LogP contribution in [0.2, 0.25) is 0 Å². The third-order valence-corrected chi connectivity index (χ3v) is 5.47. The molecular formula is C17H16F3N3O3S. The van der Waals surface area contributed by atoms with Crippen LogP contribution in [0.1, 0.15) is 22.6 Å². The molecule has 27 heavy (non-hydrogen) atoms. The fraction of sp³-hybridized carbons (Fsp3) is 0.353. The molecule has 1 aliphatic heterocycles. The Kier molecular flexibility index (Phi) is 5.36. The molecule has 1 aromatic heterocycles. The molecule has 6 nitrogen and oxygen atoms in total. The molecule has 10 heteroatoms. The van der Waals surface area contributed by atoms with Gasteiger partial charge in [-0.25, -0.2) is 22.9 Å². The lowest BCUT2D eigenvalue weighted by atomic mass is 10.1. The van der Waals surface area contributed by atoms with Crippen molar-refractivity contribution in [2.75, 3.05) is 18.4 Å². The SMILES string of the molecule is Cc1nc(NC(=O)N2CCC(C(=O)O)C2)sc1Cc1ccc(F)c(F)c1F. The predicted molar refractivity (Wildman–Crippen MR) is 92.3 cm³/mol. The van der Waals surface area contributed by atoms with Gasteiger partial charge in [0.15, 0.2) is 22.6 Å². The van der Waals surface area contributed by atoms with Gasteiger partial charge in [-0.2, -0.15) is 0 Å². The number of aliphatic carboxylic acids is 1. The standard InChI is InChI=1S/C17H16F3N3O3S/c1-8-12(6-9-2-3-11(18)14(20)13(9)19)27-16(21-8)22-17(26)23-5-4-10(7-23)15(24)25/h2-3,10H,4-7H2,1H3,(H,24,25)(H,21,22,26). The molecule has 0 aliphatic carbocycles. The van der Waals surface area contributed by atoms with Gasteiger partial charge in [0.05, 0.1) is 11.6 Å². The minimum absolute atomic E-state index is 0.00715. The summed E-state index contributed by atoms with van der Waals surface area (Å²) in [6.45, 7) is 2.12. The topological polar surface area (TPSA) is 82.5 Å². The summed E-state index contributed by atoms with van der Waals surface area (Å²) >= 11 is 1.10. The van der Waals surface area contributed by atoms with Crippen LogP contribution in [-0.4, -0.2) is 40.1 Å². The van der Waals surface area contributed by atoms with Crippen LogP contribution in [-0.2, 0) is 11.2 Å². The highest BCUT2D eigenvalue weighted by molar-refractivity contribution is 7.15. The molecule has 1 aliphatic rings. The van der Waals surface area contributed by atoms with E-state index in [0.717, 1.165) is 17.4 Å². The van der Waals surface area contributed by atoms with Crippen molar-refractivity contribution in [3.8, 4) is 0 Å². The lowest BCUT2D eigenvalue weighted by Crippen LogP contribution is -2.33. The average molecular weight is 399 g/mol. The Morgan fingerprint density at radius 2 is 2.07 bits per heavy atom. The molecule has 1 saturated heterocycles. The van der Waals surface area contributed by atoms with Gasteiger partial charge in [0.2, 0.25) is 0 Å². The lowest BCUT2D eigenvalue weighted by Gasteiger charge is -2.15. The van der Waals surface area contributed by atoms with E-state index < -0.39 is 35.4 Å². The van der Waals surface area contributed by atoms with E-state index in [1.807, 2.05) is 0 Å². The summed E-state index contributed by atoms with van der Waals surface area (Å²) < 4.78 is 40.3. The summed E-state index contributed by atoms with van der Waals surface area (Å²) in [6.07, 6.45) is 0.396. The quantitative estimate of drug-likeness (QED) is 0.772. The molecule has 1 atom stereocenters. The van der Waals surface area contributed by atoms with Crippen molar-refractivity contribution in [2.24, 2.45) is 5.92 Å². The van der Waals surface area contributed by atoms with Gasteiger partial charge in [-0.3, -0.25) is 10.1 Å². The molecule has 2 N–H and O–H groups in total. The van der Waals surface area contributed by atoms with Crippen molar-refractivity contribution in [1.29, 1.82) is 0 Å². The first-order valence-electron chi connectivity index (χ1n) is 8.13. The normalized spacial score (nSPS) is 16.6. The van der Waals surface area contributed by atoms with E-state index in [4.69, 9.17) is 5.11 Å². The molecular weight excluding hydrogens is 383 g/mol. The number of likely N-dealkylation sites (tertiary alicyclic amines) is 1. The van der Waals surface area contributed by atoms with Crippen molar-refractivity contribution >= 4 is 28.5 Å². The monoisotopic (exact) mass is 399 g/mol. The number of amides is 2. The van der Waals surface area contributed by atoms with E-state index in [0.29, 0.717) is 23.5 Å². The third kappa shape index (κ3) is 4.05. The number of carboxylic acid groups (broad SMARTS) is 1. The van der Waals surface area contributed by atoms with E-state index in [1.54, 1.807) is 6.92 Å². The smallest absolute Gasteiger partial charge is 0.323 e. The van der Waals surface area contributed by atoms with Gasteiger partial charge in [0, 0.05) is 24.4 Å². The number of benzene rings is 1. The number of aryl methyl sites for hydroxylation is 1. The van der Waals surface area contributed by atoms with E-state index in [2.05, 4.69) is 10.3 Å². The van der Waals surface area contributed by atoms with Crippen molar-refractivity contribution in [3.63, 3.8) is 0 Å². The summed E-state index contributed by atoms with van der Waals surface area (Å²) in [6, 6.07) is 1.57. The van der Waals surface area contributed by atoms with Gasteiger partial charge in [-0.15, -0.1) is 11.3 Å². The summed E-state index contributed by atoms with van der Waals surface area (Å²) in [5.41, 5.74) is 0.520. The summed E-state index contributed by atoms with van der Waals surface area (Å²) in [5, 5.41) is 11.9. The second kappa shape index (κ2) is 7.55. The minimum atomic E-state index is -1.52. The van der Waals surface area contributed by atoms with E-state index in [-0.39, 0.29) is 23.7 Å². The average Bonchev–Trinajstić information content (AvgIpc) is 3.23. The predicted octanol–water partition coefficient (Wildman–Crippen LogP) is 3.40. The van der Waals surface area contributed by atoms with Crippen molar-refractivity contribution in [2.45, 2.75) is 19.8 Å². The van der Waals surface area contributed by atoms with Crippen LogP contribution in [0.4, 0.5) is 23.1 Å². The lowest BCUT2D eigenvalue weighted by molar-refractivity contribution is -0.141. The number of nitrogens with one attached hydrogen (secondary N) is 1. The van der Waals surface area contributed by atoms with Gasteiger partial charge >= 0.3 is 12.0 Å². The fourth-order valence-electron chi connectivity index (χ4n) is 2.84. The number of aromatic nitrogens is 1. The third-order valence-electron chi connectivity index (χ3n) is 4.40. The van der Waals surface area contributed by atoms with Crippen LogP contribution in [0.25, 0.3) is 0 Å². The summed E-state index contributed by atoms with van der Waals surface area (Å²) in [5.74, 6) is -5.54. The summed E-state index contributed by atoms with van der Waals surface area (Å²) in [7, 11) is 0. The second-order valence-electron chi connectivity index (χ2n) is 6.24. The van der Waals surface area contributed by atoms with Gasteiger partial charge < -0.3 is 10.0 Å². The molecule has 2 aromatic rings. The number of carbonyl (C=O) groups excluding carboxylic acids is 1. The van der Waals surface area contributed by atoms with Crippen molar-refractivity contribution in [3.05, 3.63) is 45.7 Å². The van der Waals surface area contributed by atoms with Crippen molar-refractivity contribution in [1.82, 2.24) is 9.88 Å². The van der Waals surface area contributed by atoms with E-state index >= 15 is 0 Å². The Morgan fingerprint density at radius 1 is 1.33 bits per heavy atom. The van der Waals surface area contributed by atoms with Crippen LogP contribution in [0.15, 0.2) is 12.1 Å². The molecule has 0 spiro atoms. The Balaban J connectivity index is 1.69.